The van der Waals surface area contributed by atoms with Crippen molar-refractivity contribution in [1.82, 2.24) is 0 Å². The van der Waals surface area contributed by atoms with Crippen molar-refractivity contribution < 1.29 is 19.1 Å². The molecule has 2 N–H and O–H groups in total. The molecule has 2 aliphatic carbocycles. The first-order chi connectivity index (χ1) is 16.6. The molecule has 1 aliphatic heterocycles. The molecule has 1 atom stereocenters. The van der Waals surface area contributed by atoms with Crippen molar-refractivity contribution >= 4 is 23.1 Å². The monoisotopic (exact) mass is 474 g/mol. The minimum Gasteiger partial charge on any atom is -0.490 e. The lowest BCUT2D eigenvalue weighted by Gasteiger charge is -2.34. The molecule has 0 amide bonds. The van der Waals surface area contributed by atoms with Crippen LogP contribution in [0.4, 0.5) is 11.4 Å². The molecule has 6 heteroatoms. The number of benzene rings is 2. The molecule has 0 aromatic heterocycles. The molecule has 35 heavy (non-hydrogen) atoms. The summed E-state index contributed by atoms with van der Waals surface area (Å²) in [6.45, 7) is 10.8. The average molecular weight is 475 g/mol. The Labute approximate surface area is 207 Å². The highest BCUT2D eigenvalue weighted by Gasteiger charge is 2.39. The molecule has 0 saturated heterocycles. The van der Waals surface area contributed by atoms with Gasteiger partial charge in [0, 0.05) is 17.7 Å². The van der Waals surface area contributed by atoms with Crippen LogP contribution in [0, 0.1) is 25.2 Å². The summed E-state index contributed by atoms with van der Waals surface area (Å²) in [5.74, 6) is 0.882. The standard InChI is InChI=1S/C29H34N2O4/c1-6-34-25-13-19(9-10-24(25)35-28(33)18-7-8-18)27-26-22(14-29(4,5)15-23(26)32)30-20-11-16(2)17(3)12-21(20)31-27/h9-13,18,27,30-31H,6-8,14-15H2,1-5H3/t27-/m1/s1. The number of anilines is 2. The van der Waals surface area contributed by atoms with Crippen molar-refractivity contribution in [1.29, 1.82) is 0 Å². The summed E-state index contributed by atoms with van der Waals surface area (Å²) >= 11 is 0. The predicted octanol–water partition coefficient (Wildman–Crippen LogP) is 6.24. The maximum absolute atomic E-state index is 13.5. The van der Waals surface area contributed by atoms with Gasteiger partial charge in [0.1, 0.15) is 0 Å². The highest BCUT2D eigenvalue weighted by molar-refractivity contribution is 6.01. The van der Waals surface area contributed by atoms with Crippen LogP contribution in [0.5, 0.6) is 11.5 Å². The van der Waals surface area contributed by atoms with Crippen molar-refractivity contribution in [2.75, 3.05) is 17.2 Å². The zero-order valence-electron chi connectivity index (χ0n) is 21.2. The molecular weight excluding hydrogens is 440 g/mol. The van der Waals surface area contributed by atoms with Gasteiger partial charge in [-0.1, -0.05) is 19.9 Å². The van der Waals surface area contributed by atoms with Crippen LogP contribution in [0.25, 0.3) is 0 Å². The molecule has 6 nitrogen and oxygen atoms in total. The number of aryl methyl sites for hydroxylation is 2. The van der Waals surface area contributed by atoms with E-state index in [9.17, 15) is 9.59 Å². The van der Waals surface area contributed by atoms with Crippen LogP contribution in [0.2, 0.25) is 0 Å². The van der Waals surface area contributed by atoms with Gasteiger partial charge >= 0.3 is 5.97 Å². The Bertz CT molecular complexity index is 1240. The molecule has 0 spiro atoms. The normalized spacial score (nSPS) is 20.7. The van der Waals surface area contributed by atoms with Gasteiger partial charge in [0.05, 0.1) is 29.9 Å². The first-order valence-corrected chi connectivity index (χ1v) is 12.5. The zero-order chi connectivity index (χ0) is 24.9. The second kappa shape index (κ2) is 8.74. The number of Topliss-reactive ketones (excluding diaryl/α,β-unsaturated/α-hetero) is 1. The van der Waals surface area contributed by atoms with Crippen molar-refractivity contribution in [2.24, 2.45) is 11.3 Å². The number of hydrogen-bond donors (Lipinski definition) is 2. The van der Waals surface area contributed by atoms with Gasteiger partial charge in [0.2, 0.25) is 0 Å². The van der Waals surface area contributed by atoms with Crippen LogP contribution in [0.3, 0.4) is 0 Å². The van der Waals surface area contributed by atoms with E-state index in [4.69, 9.17) is 9.47 Å². The topological polar surface area (TPSA) is 76.7 Å². The number of hydrogen-bond acceptors (Lipinski definition) is 6. The Morgan fingerprint density at radius 2 is 1.74 bits per heavy atom. The fourth-order valence-corrected chi connectivity index (χ4v) is 5.03. The molecule has 1 heterocycles. The van der Waals surface area contributed by atoms with Gasteiger partial charge in [-0.3, -0.25) is 9.59 Å². The lowest BCUT2D eigenvalue weighted by molar-refractivity contribution is -0.135. The summed E-state index contributed by atoms with van der Waals surface area (Å²) in [6.07, 6.45) is 3.05. The number of allylic oxidation sites excluding steroid dienone is 1. The molecule has 0 unspecified atom stereocenters. The fourth-order valence-electron chi connectivity index (χ4n) is 5.03. The van der Waals surface area contributed by atoms with Crippen molar-refractivity contribution in [3.05, 3.63) is 58.3 Å². The minimum atomic E-state index is -0.350. The van der Waals surface area contributed by atoms with Gasteiger partial charge < -0.3 is 20.1 Å². The van der Waals surface area contributed by atoms with Crippen LogP contribution in [-0.4, -0.2) is 18.4 Å². The van der Waals surface area contributed by atoms with Crippen molar-refractivity contribution in [3.63, 3.8) is 0 Å². The van der Waals surface area contributed by atoms with Gasteiger partial charge in [-0.05, 0) is 86.4 Å². The predicted molar refractivity (Wildman–Crippen MR) is 137 cm³/mol. The van der Waals surface area contributed by atoms with Crippen molar-refractivity contribution in [3.8, 4) is 11.5 Å². The van der Waals surface area contributed by atoms with E-state index in [-0.39, 0.29) is 29.1 Å². The summed E-state index contributed by atoms with van der Waals surface area (Å²) in [7, 11) is 0. The van der Waals surface area contributed by atoms with Gasteiger partial charge in [-0.25, -0.2) is 0 Å². The molecular formula is C29H34N2O4. The summed E-state index contributed by atoms with van der Waals surface area (Å²) < 4.78 is 11.5. The second-order valence-corrected chi connectivity index (χ2v) is 10.9. The van der Waals surface area contributed by atoms with Gasteiger partial charge in [0.15, 0.2) is 17.3 Å². The Morgan fingerprint density at radius 3 is 2.43 bits per heavy atom. The van der Waals surface area contributed by atoms with Crippen LogP contribution in [-0.2, 0) is 9.59 Å². The summed E-state index contributed by atoms with van der Waals surface area (Å²) in [5.41, 5.74) is 6.83. The molecule has 1 fully saturated rings. The van der Waals surface area contributed by atoms with E-state index in [1.54, 1.807) is 6.07 Å². The highest BCUT2D eigenvalue weighted by Crippen LogP contribution is 2.47. The van der Waals surface area contributed by atoms with Crippen LogP contribution in [0.15, 0.2) is 41.6 Å². The molecule has 2 aromatic rings. The molecule has 0 radical (unpaired) electrons. The summed E-state index contributed by atoms with van der Waals surface area (Å²) in [5, 5.41) is 7.26. The van der Waals surface area contributed by atoms with E-state index in [1.165, 1.54) is 11.1 Å². The van der Waals surface area contributed by atoms with E-state index in [0.717, 1.165) is 47.5 Å². The molecule has 2 aromatic carbocycles. The number of carbonyl (C=O) groups excluding carboxylic acids is 2. The summed E-state index contributed by atoms with van der Waals surface area (Å²) in [6, 6.07) is 9.55. The summed E-state index contributed by atoms with van der Waals surface area (Å²) in [4.78, 5) is 25.8. The van der Waals surface area contributed by atoms with E-state index < -0.39 is 0 Å². The number of fused-ring (bicyclic) bond motifs is 1. The number of esters is 1. The van der Waals surface area contributed by atoms with Gasteiger partial charge in [0.25, 0.3) is 0 Å². The molecule has 0 bridgehead atoms. The van der Waals surface area contributed by atoms with Crippen LogP contribution < -0.4 is 20.1 Å². The lowest BCUT2D eigenvalue weighted by Crippen LogP contribution is -2.31. The molecule has 184 valence electrons. The Kier molecular flexibility index (Phi) is 5.86. The average Bonchev–Trinajstić information content (AvgIpc) is 3.62. The maximum Gasteiger partial charge on any atom is 0.314 e. The van der Waals surface area contributed by atoms with E-state index in [1.807, 2.05) is 19.1 Å². The molecule has 3 aliphatic rings. The van der Waals surface area contributed by atoms with Gasteiger partial charge in [-0.2, -0.15) is 0 Å². The Hall–Kier alpha value is -3.28. The third kappa shape index (κ3) is 4.66. The smallest absolute Gasteiger partial charge is 0.314 e. The Morgan fingerprint density at radius 1 is 1.03 bits per heavy atom. The molecule has 5 rings (SSSR count). The number of ketones is 1. The Balaban J connectivity index is 1.60. The first kappa shape index (κ1) is 23.5. The van der Waals surface area contributed by atoms with Crippen molar-refractivity contribution in [2.45, 2.75) is 66.3 Å². The van der Waals surface area contributed by atoms with Crippen LogP contribution in [0.1, 0.15) is 69.2 Å². The lowest BCUT2D eigenvalue weighted by atomic mass is 9.73. The quantitative estimate of drug-likeness (QED) is 0.395. The number of rotatable bonds is 5. The van der Waals surface area contributed by atoms with E-state index in [0.29, 0.717) is 24.5 Å². The zero-order valence-corrected chi connectivity index (χ0v) is 21.2. The van der Waals surface area contributed by atoms with E-state index in [2.05, 4.69) is 50.5 Å². The van der Waals surface area contributed by atoms with Crippen LogP contribution >= 0.6 is 0 Å². The first-order valence-electron chi connectivity index (χ1n) is 12.5. The van der Waals surface area contributed by atoms with Gasteiger partial charge in [-0.15, -0.1) is 0 Å². The number of carbonyl (C=O) groups is 2. The third-order valence-corrected chi connectivity index (χ3v) is 7.15. The fraction of sp³-hybridized carbons (Fsp3) is 0.448. The maximum atomic E-state index is 13.5. The van der Waals surface area contributed by atoms with E-state index >= 15 is 0 Å². The minimum absolute atomic E-state index is 0.00197. The largest absolute Gasteiger partial charge is 0.490 e. The third-order valence-electron chi connectivity index (χ3n) is 7.15. The second-order valence-electron chi connectivity index (χ2n) is 10.9. The highest BCUT2D eigenvalue weighted by atomic mass is 16.6. The number of nitrogens with one attached hydrogen (secondary N) is 2. The SMILES string of the molecule is CCOc1cc([C@H]2Nc3cc(C)c(C)cc3NC3=C2C(=O)CC(C)(C)C3)ccc1OC(=O)C1CC1. The molecule has 1 saturated carbocycles. The number of ether oxygens (including phenoxy) is 2.